The predicted octanol–water partition coefficient (Wildman–Crippen LogP) is 4.52. The molecule has 1 amide bonds. The van der Waals surface area contributed by atoms with E-state index in [2.05, 4.69) is 60.6 Å². The van der Waals surface area contributed by atoms with Crippen LogP contribution >= 0.6 is 0 Å². The van der Waals surface area contributed by atoms with Crippen molar-refractivity contribution < 1.29 is 9.53 Å². The topological polar surface area (TPSA) is 38.3 Å². The first kappa shape index (κ1) is 18.8. The molecule has 4 rings (SSSR count). The van der Waals surface area contributed by atoms with Crippen LogP contribution in [0.3, 0.4) is 0 Å². The lowest BCUT2D eigenvalue weighted by Gasteiger charge is -2.09. The van der Waals surface area contributed by atoms with Crippen molar-refractivity contribution in [3.05, 3.63) is 89.0 Å². The molecule has 0 bridgehead atoms. The summed E-state index contributed by atoms with van der Waals surface area (Å²) in [6.45, 7) is 2.58. The molecule has 1 aliphatic rings. The fraction of sp³-hybridized carbons (Fsp3) is 0.192. The number of nitrogens with one attached hydrogen (secondary N) is 1. The lowest BCUT2D eigenvalue weighted by molar-refractivity contribution is -0.120. The van der Waals surface area contributed by atoms with Crippen molar-refractivity contribution in [2.75, 3.05) is 0 Å². The Morgan fingerprint density at radius 3 is 2.66 bits per heavy atom. The maximum Gasteiger partial charge on any atom is 0.224 e. The fourth-order valence-electron chi connectivity index (χ4n) is 3.67. The number of amides is 1. The minimum absolute atomic E-state index is 0.0375. The fourth-order valence-corrected chi connectivity index (χ4v) is 3.67. The van der Waals surface area contributed by atoms with Crippen molar-refractivity contribution in [2.24, 2.45) is 0 Å². The van der Waals surface area contributed by atoms with Crippen LogP contribution in [-0.4, -0.2) is 12.0 Å². The summed E-state index contributed by atoms with van der Waals surface area (Å²) in [5.41, 5.74) is 6.30. The zero-order valence-corrected chi connectivity index (χ0v) is 16.4. The van der Waals surface area contributed by atoms with Gasteiger partial charge in [-0.25, -0.2) is 0 Å². The number of hydrogen-bond donors (Lipinski definition) is 1. The molecule has 144 valence electrons. The highest BCUT2D eigenvalue weighted by atomic mass is 16.5. The van der Waals surface area contributed by atoms with Gasteiger partial charge in [-0.3, -0.25) is 4.79 Å². The Morgan fingerprint density at radius 2 is 1.86 bits per heavy atom. The predicted molar refractivity (Wildman–Crippen MR) is 116 cm³/mol. The summed E-state index contributed by atoms with van der Waals surface area (Å²) >= 11 is 0. The SMILES string of the molecule is C#Cc1ccccc1CC(=O)NCc1ccc(-c2ccc3c(c2)CC(C)O3)cc1. The third kappa shape index (κ3) is 4.33. The molecule has 0 aliphatic carbocycles. The summed E-state index contributed by atoms with van der Waals surface area (Å²) < 4.78 is 5.78. The highest BCUT2D eigenvalue weighted by molar-refractivity contribution is 5.79. The van der Waals surface area contributed by atoms with Gasteiger partial charge in [-0.15, -0.1) is 6.42 Å². The van der Waals surface area contributed by atoms with E-state index in [9.17, 15) is 4.79 Å². The van der Waals surface area contributed by atoms with Gasteiger partial charge in [-0.05, 0) is 52.9 Å². The van der Waals surface area contributed by atoms with Crippen molar-refractivity contribution in [1.82, 2.24) is 5.32 Å². The Hall–Kier alpha value is -3.51. The second-order valence-electron chi connectivity index (χ2n) is 7.41. The Morgan fingerprint density at radius 1 is 1.10 bits per heavy atom. The second kappa shape index (κ2) is 8.24. The van der Waals surface area contributed by atoms with Crippen LogP contribution in [-0.2, 0) is 24.2 Å². The molecule has 0 fully saturated rings. The molecule has 0 saturated carbocycles. The van der Waals surface area contributed by atoms with E-state index < -0.39 is 0 Å². The lowest BCUT2D eigenvalue weighted by atomic mass is 10.00. The van der Waals surface area contributed by atoms with Gasteiger partial charge in [0.05, 0.1) is 6.42 Å². The molecule has 29 heavy (non-hydrogen) atoms. The molecule has 0 saturated heterocycles. The normalized spacial score (nSPS) is 14.6. The Bertz CT molecular complexity index is 1080. The molecule has 1 heterocycles. The molecule has 3 nitrogen and oxygen atoms in total. The summed E-state index contributed by atoms with van der Waals surface area (Å²) in [6, 6.07) is 22.2. The molecule has 1 N–H and O–H groups in total. The number of rotatable bonds is 5. The van der Waals surface area contributed by atoms with E-state index in [4.69, 9.17) is 11.2 Å². The van der Waals surface area contributed by atoms with Gasteiger partial charge in [0.1, 0.15) is 11.9 Å². The quantitative estimate of drug-likeness (QED) is 0.660. The van der Waals surface area contributed by atoms with E-state index in [1.165, 1.54) is 11.1 Å². The molecule has 0 radical (unpaired) electrons. The van der Waals surface area contributed by atoms with E-state index in [0.717, 1.165) is 34.4 Å². The molecule has 1 unspecified atom stereocenters. The molecule has 3 heteroatoms. The Kier molecular flexibility index (Phi) is 5.35. The van der Waals surface area contributed by atoms with Crippen molar-refractivity contribution in [2.45, 2.75) is 32.4 Å². The first-order valence-electron chi connectivity index (χ1n) is 9.82. The zero-order chi connectivity index (χ0) is 20.2. The van der Waals surface area contributed by atoms with Crippen LogP contribution in [0, 0.1) is 12.3 Å². The van der Waals surface area contributed by atoms with E-state index in [0.29, 0.717) is 6.54 Å². The van der Waals surface area contributed by atoms with E-state index in [1.807, 2.05) is 24.3 Å². The first-order chi connectivity index (χ1) is 14.1. The smallest absolute Gasteiger partial charge is 0.224 e. The van der Waals surface area contributed by atoms with Gasteiger partial charge in [-0.2, -0.15) is 0 Å². The number of hydrogen-bond acceptors (Lipinski definition) is 2. The third-order valence-electron chi connectivity index (χ3n) is 5.20. The summed E-state index contributed by atoms with van der Waals surface area (Å²) in [6.07, 6.45) is 6.99. The van der Waals surface area contributed by atoms with Gasteiger partial charge in [0.15, 0.2) is 0 Å². The maximum absolute atomic E-state index is 12.3. The molecular formula is C26H23NO2. The van der Waals surface area contributed by atoms with Crippen LogP contribution in [0.2, 0.25) is 0 Å². The average Bonchev–Trinajstić information content (AvgIpc) is 3.12. The number of benzene rings is 3. The third-order valence-corrected chi connectivity index (χ3v) is 5.20. The lowest BCUT2D eigenvalue weighted by Crippen LogP contribution is -2.24. The van der Waals surface area contributed by atoms with E-state index in [1.54, 1.807) is 0 Å². The van der Waals surface area contributed by atoms with Gasteiger partial charge in [0.2, 0.25) is 5.91 Å². The standard InChI is InChI=1S/C26H23NO2/c1-3-20-6-4-5-7-22(20)16-26(28)27-17-19-8-10-21(11-9-19)23-12-13-25-24(15-23)14-18(2)29-25/h1,4-13,15,18H,14,16-17H2,2H3,(H,27,28). The average molecular weight is 381 g/mol. The largest absolute Gasteiger partial charge is 0.490 e. The molecule has 1 aliphatic heterocycles. The molecule has 3 aromatic carbocycles. The van der Waals surface area contributed by atoms with Crippen LogP contribution in [0.25, 0.3) is 11.1 Å². The molecule has 0 aromatic heterocycles. The molecule has 0 spiro atoms. The van der Waals surface area contributed by atoms with Gasteiger partial charge in [0.25, 0.3) is 0 Å². The molecule has 3 aromatic rings. The summed E-state index contributed by atoms with van der Waals surface area (Å²) in [7, 11) is 0. The minimum atomic E-state index is -0.0375. The summed E-state index contributed by atoms with van der Waals surface area (Å²) in [5, 5.41) is 2.97. The Labute approximate surface area is 171 Å². The van der Waals surface area contributed by atoms with E-state index >= 15 is 0 Å². The van der Waals surface area contributed by atoms with Gasteiger partial charge < -0.3 is 10.1 Å². The second-order valence-corrected chi connectivity index (χ2v) is 7.41. The number of ether oxygens (including phenoxy) is 1. The van der Waals surface area contributed by atoms with Gasteiger partial charge >= 0.3 is 0 Å². The number of carbonyl (C=O) groups excluding carboxylic acids is 1. The zero-order valence-electron chi connectivity index (χ0n) is 16.4. The number of carbonyl (C=O) groups is 1. The van der Waals surface area contributed by atoms with Crippen molar-refractivity contribution in [1.29, 1.82) is 0 Å². The summed E-state index contributed by atoms with van der Waals surface area (Å²) in [4.78, 5) is 12.3. The molecular weight excluding hydrogens is 358 g/mol. The Balaban J connectivity index is 1.37. The highest BCUT2D eigenvalue weighted by Gasteiger charge is 2.19. The number of terminal acetylenes is 1. The van der Waals surface area contributed by atoms with E-state index in [-0.39, 0.29) is 18.4 Å². The minimum Gasteiger partial charge on any atom is -0.490 e. The van der Waals surface area contributed by atoms with Crippen LogP contribution < -0.4 is 10.1 Å². The van der Waals surface area contributed by atoms with Crippen molar-refractivity contribution in [3.8, 4) is 29.2 Å². The van der Waals surface area contributed by atoms with Crippen molar-refractivity contribution in [3.63, 3.8) is 0 Å². The van der Waals surface area contributed by atoms with Crippen LogP contribution in [0.1, 0.15) is 29.2 Å². The maximum atomic E-state index is 12.3. The number of fused-ring (bicyclic) bond motifs is 1. The molecule has 1 atom stereocenters. The van der Waals surface area contributed by atoms with Crippen LogP contribution in [0.4, 0.5) is 0 Å². The monoisotopic (exact) mass is 381 g/mol. The van der Waals surface area contributed by atoms with Gasteiger partial charge in [0, 0.05) is 18.5 Å². The van der Waals surface area contributed by atoms with Gasteiger partial charge in [-0.1, -0.05) is 54.5 Å². The first-order valence-corrected chi connectivity index (χ1v) is 9.82. The summed E-state index contributed by atoms with van der Waals surface area (Å²) in [5.74, 6) is 3.58. The van der Waals surface area contributed by atoms with Crippen LogP contribution in [0.5, 0.6) is 5.75 Å². The van der Waals surface area contributed by atoms with Crippen LogP contribution in [0.15, 0.2) is 66.7 Å². The van der Waals surface area contributed by atoms with Crippen molar-refractivity contribution >= 4 is 5.91 Å². The highest BCUT2D eigenvalue weighted by Crippen LogP contribution is 2.32.